The predicted molar refractivity (Wildman–Crippen MR) is 64.0 cm³/mol. The number of ketones is 2. The van der Waals surface area contributed by atoms with E-state index in [1.807, 2.05) is 0 Å². The summed E-state index contributed by atoms with van der Waals surface area (Å²) >= 11 is 0. The standard InChI is InChI=1S/C12H17NO3.H2/c1-4-5-10(14)6-7-12(16)13-8-11(15)9(2)3;/h4-5H,2,6-8H2,1,3H3,(H,13,16);1H/b5-4+;. The minimum Gasteiger partial charge on any atom is -0.349 e. The van der Waals surface area contributed by atoms with Crippen LogP contribution in [0.4, 0.5) is 0 Å². The molecule has 1 N–H and O–H groups in total. The molecule has 0 radical (unpaired) electrons. The smallest absolute Gasteiger partial charge is 0.220 e. The molecule has 0 saturated carbocycles. The first-order chi connectivity index (χ1) is 7.47. The van der Waals surface area contributed by atoms with Crippen molar-refractivity contribution in [2.24, 2.45) is 0 Å². The Hall–Kier alpha value is -1.71. The van der Waals surface area contributed by atoms with Crippen molar-refractivity contribution in [2.75, 3.05) is 6.54 Å². The summed E-state index contributed by atoms with van der Waals surface area (Å²) in [4.78, 5) is 33.4. The Morgan fingerprint density at radius 3 is 2.44 bits per heavy atom. The van der Waals surface area contributed by atoms with Crippen LogP contribution in [0.1, 0.15) is 28.1 Å². The van der Waals surface area contributed by atoms with E-state index in [-0.39, 0.29) is 38.3 Å². The summed E-state index contributed by atoms with van der Waals surface area (Å²) in [6.45, 7) is 6.74. The molecule has 0 heterocycles. The van der Waals surface area contributed by atoms with Crippen molar-refractivity contribution in [3.8, 4) is 0 Å². The normalized spacial score (nSPS) is 10.1. The van der Waals surface area contributed by atoms with Gasteiger partial charge in [0.15, 0.2) is 11.6 Å². The zero-order chi connectivity index (χ0) is 12.6. The number of rotatable bonds is 7. The van der Waals surface area contributed by atoms with Gasteiger partial charge in [0.05, 0.1) is 6.54 Å². The summed E-state index contributed by atoms with van der Waals surface area (Å²) in [5.41, 5.74) is 0.408. The third-order valence-electron chi connectivity index (χ3n) is 1.87. The van der Waals surface area contributed by atoms with Crippen molar-refractivity contribution in [2.45, 2.75) is 26.7 Å². The van der Waals surface area contributed by atoms with Gasteiger partial charge in [-0.05, 0) is 25.5 Å². The van der Waals surface area contributed by atoms with E-state index in [1.54, 1.807) is 19.9 Å². The lowest BCUT2D eigenvalue weighted by Gasteiger charge is -2.03. The molecule has 0 rings (SSSR count). The van der Waals surface area contributed by atoms with E-state index in [9.17, 15) is 14.4 Å². The fourth-order valence-electron chi connectivity index (χ4n) is 0.924. The second-order valence-electron chi connectivity index (χ2n) is 3.45. The Balaban J connectivity index is 0. The van der Waals surface area contributed by atoms with E-state index in [1.165, 1.54) is 6.08 Å². The molecule has 16 heavy (non-hydrogen) atoms. The lowest BCUT2D eigenvalue weighted by molar-refractivity contribution is -0.125. The number of allylic oxidation sites excluding steroid dienone is 2. The Morgan fingerprint density at radius 1 is 1.31 bits per heavy atom. The van der Waals surface area contributed by atoms with Gasteiger partial charge in [0.25, 0.3) is 0 Å². The third-order valence-corrected chi connectivity index (χ3v) is 1.87. The van der Waals surface area contributed by atoms with Gasteiger partial charge in [-0.2, -0.15) is 0 Å². The topological polar surface area (TPSA) is 63.2 Å². The molecule has 0 aliphatic rings. The monoisotopic (exact) mass is 225 g/mol. The maximum absolute atomic E-state index is 11.2. The number of amides is 1. The highest BCUT2D eigenvalue weighted by Gasteiger charge is 2.07. The summed E-state index contributed by atoms with van der Waals surface area (Å²) in [5.74, 6) is -0.593. The van der Waals surface area contributed by atoms with Gasteiger partial charge in [0.1, 0.15) is 0 Å². The van der Waals surface area contributed by atoms with Gasteiger partial charge < -0.3 is 5.32 Å². The van der Waals surface area contributed by atoms with Gasteiger partial charge in [0.2, 0.25) is 5.91 Å². The number of carbonyl (C=O) groups excluding carboxylic acids is 3. The highest BCUT2D eigenvalue weighted by atomic mass is 16.2. The van der Waals surface area contributed by atoms with Crippen LogP contribution in [0.5, 0.6) is 0 Å². The number of carbonyl (C=O) groups is 3. The largest absolute Gasteiger partial charge is 0.349 e. The summed E-state index contributed by atoms with van der Waals surface area (Å²) in [6, 6.07) is 0. The summed E-state index contributed by atoms with van der Waals surface area (Å²) < 4.78 is 0. The van der Waals surface area contributed by atoms with E-state index in [0.29, 0.717) is 5.57 Å². The second kappa shape index (κ2) is 7.56. The van der Waals surface area contributed by atoms with Gasteiger partial charge in [-0.1, -0.05) is 12.7 Å². The quantitative estimate of drug-likeness (QED) is 0.666. The van der Waals surface area contributed by atoms with Gasteiger partial charge in [-0.25, -0.2) is 0 Å². The van der Waals surface area contributed by atoms with Crippen molar-refractivity contribution >= 4 is 17.5 Å². The van der Waals surface area contributed by atoms with E-state index >= 15 is 0 Å². The van der Waals surface area contributed by atoms with E-state index in [2.05, 4.69) is 11.9 Å². The molecule has 4 heteroatoms. The van der Waals surface area contributed by atoms with Crippen molar-refractivity contribution < 1.29 is 15.8 Å². The second-order valence-corrected chi connectivity index (χ2v) is 3.45. The average Bonchev–Trinajstić information content (AvgIpc) is 2.23. The molecule has 0 aromatic carbocycles. The Bertz CT molecular complexity index is 335. The third kappa shape index (κ3) is 6.70. The average molecular weight is 225 g/mol. The maximum atomic E-state index is 11.2. The first-order valence-corrected chi connectivity index (χ1v) is 5.08. The van der Waals surface area contributed by atoms with Gasteiger partial charge in [-0.15, -0.1) is 0 Å². The molecule has 1 amide bonds. The first-order valence-electron chi connectivity index (χ1n) is 5.08. The molecule has 0 atom stereocenters. The molecule has 0 aliphatic heterocycles. The Morgan fingerprint density at radius 2 is 1.94 bits per heavy atom. The fraction of sp³-hybridized carbons (Fsp3) is 0.417. The Kier molecular flexibility index (Phi) is 6.76. The predicted octanol–water partition coefficient (Wildman–Crippen LogP) is 1.42. The summed E-state index contributed by atoms with van der Waals surface area (Å²) in [6.07, 6.45) is 3.32. The van der Waals surface area contributed by atoms with E-state index in [0.717, 1.165) is 0 Å². The molecule has 0 saturated heterocycles. The van der Waals surface area contributed by atoms with Crippen LogP contribution < -0.4 is 5.32 Å². The van der Waals surface area contributed by atoms with Crippen molar-refractivity contribution in [1.29, 1.82) is 0 Å². The van der Waals surface area contributed by atoms with Crippen LogP contribution in [0.15, 0.2) is 24.3 Å². The van der Waals surface area contributed by atoms with Crippen LogP contribution in [0.25, 0.3) is 0 Å². The van der Waals surface area contributed by atoms with Crippen molar-refractivity contribution in [3.63, 3.8) is 0 Å². The molecule has 0 bridgehead atoms. The Labute approximate surface area is 96.9 Å². The first kappa shape index (κ1) is 14.3. The van der Waals surface area contributed by atoms with Crippen LogP contribution in [0, 0.1) is 0 Å². The highest BCUT2D eigenvalue weighted by Crippen LogP contribution is 1.93. The number of hydrogen-bond donors (Lipinski definition) is 1. The minimum absolute atomic E-state index is 0. The SMILES string of the molecule is C=C(C)C(=O)CNC(=O)CCC(=O)/C=C/C.[HH]. The van der Waals surface area contributed by atoms with Crippen LogP contribution in [-0.4, -0.2) is 24.0 Å². The van der Waals surface area contributed by atoms with Gasteiger partial charge >= 0.3 is 0 Å². The molecular formula is C12H19NO3. The molecule has 4 nitrogen and oxygen atoms in total. The van der Waals surface area contributed by atoms with Gasteiger partial charge in [-0.3, -0.25) is 14.4 Å². The molecular weight excluding hydrogens is 206 g/mol. The summed E-state index contributed by atoms with van der Waals surface area (Å²) in [7, 11) is 0. The van der Waals surface area contributed by atoms with Crippen LogP contribution >= 0.6 is 0 Å². The van der Waals surface area contributed by atoms with Crippen LogP contribution in [0.2, 0.25) is 0 Å². The molecule has 0 aromatic rings. The maximum Gasteiger partial charge on any atom is 0.220 e. The molecule has 90 valence electrons. The zero-order valence-electron chi connectivity index (χ0n) is 9.71. The lowest BCUT2D eigenvalue weighted by atomic mass is 10.2. The molecule has 0 spiro atoms. The lowest BCUT2D eigenvalue weighted by Crippen LogP contribution is -2.29. The minimum atomic E-state index is -0.299. The zero-order valence-corrected chi connectivity index (χ0v) is 9.71. The van der Waals surface area contributed by atoms with Crippen molar-refractivity contribution in [3.05, 3.63) is 24.3 Å². The van der Waals surface area contributed by atoms with Crippen LogP contribution in [-0.2, 0) is 14.4 Å². The van der Waals surface area contributed by atoms with Crippen molar-refractivity contribution in [1.82, 2.24) is 5.32 Å². The van der Waals surface area contributed by atoms with Gasteiger partial charge in [0, 0.05) is 14.3 Å². The molecule has 0 aliphatic carbocycles. The van der Waals surface area contributed by atoms with Crippen LogP contribution in [0.3, 0.4) is 0 Å². The number of Topliss-reactive ketones (excluding diaryl/α,β-unsaturated/α-hetero) is 1. The molecule has 0 fully saturated rings. The fourth-order valence-corrected chi connectivity index (χ4v) is 0.924. The molecule has 0 unspecified atom stereocenters. The number of hydrogen-bond acceptors (Lipinski definition) is 3. The van der Waals surface area contributed by atoms with E-state index < -0.39 is 0 Å². The highest BCUT2D eigenvalue weighted by molar-refractivity contribution is 5.98. The number of nitrogens with one attached hydrogen (secondary N) is 1. The molecule has 0 aromatic heterocycles. The van der Waals surface area contributed by atoms with E-state index in [4.69, 9.17) is 0 Å². The summed E-state index contributed by atoms with van der Waals surface area (Å²) in [5, 5.41) is 2.44.